The number of hydrogen-bond donors (Lipinski definition) is 0. The number of carbonyl (C=O) groups is 1. The molecule has 0 saturated carbocycles. The second kappa shape index (κ2) is 5.98. The molecule has 0 bridgehead atoms. The van der Waals surface area contributed by atoms with Crippen LogP contribution < -0.4 is 0 Å². The highest BCUT2D eigenvalue weighted by molar-refractivity contribution is 6.35. The molecule has 96 valence electrons. The first-order valence-corrected chi connectivity index (χ1v) is 6.33. The second-order valence-corrected chi connectivity index (χ2v) is 4.30. The minimum atomic E-state index is 0.412. The van der Waals surface area contributed by atoms with E-state index in [-0.39, 0.29) is 0 Å². The summed E-state index contributed by atoms with van der Waals surface area (Å²) in [6, 6.07) is 5.49. The average Bonchev–Trinajstić information content (AvgIpc) is 2.74. The molecule has 4 nitrogen and oxygen atoms in total. The van der Waals surface area contributed by atoms with Crippen molar-refractivity contribution in [2.45, 2.75) is 19.9 Å². The molecule has 0 saturated heterocycles. The molecular weight excluding hydrogens is 252 g/mol. The topological polar surface area (TPSA) is 44.1 Å². The molecule has 0 atom stereocenters. The molecule has 0 unspecified atom stereocenters. The summed E-state index contributed by atoms with van der Waals surface area (Å²) in [6.45, 7) is 4.00. The van der Waals surface area contributed by atoms with Crippen LogP contribution in [0.25, 0.3) is 11.0 Å². The number of carbonyl (C=O) groups excluding carboxylic acids is 1. The number of benzene rings is 1. The highest BCUT2D eigenvalue weighted by Gasteiger charge is 2.12. The molecule has 5 heteroatoms. The normalized spacial score (nSPS) is 11.0. The van der Waals surface area contributed by atoms with Gasteiger partial charge in [0.2, 0.25) is 0 Å². The van der Waals surface area contributed by atoms with E-state index in [4.69, 9.17) is 16.3 Å². The lowest BCUT2D eigenvalue weighted by molar-refractivity contribution is 0.110. The third-order valence-electron chi connectivity index (χ3n) is 2.73. The Hall–Kier alpha value is -1.39. The zero-order valence-electron chi connectivity index (χ0n) is 10.2. The fourth-order valence-corrected chi connectivity index (χ4v) is 2.22. The molecule has 1 aromatic heterocycles. The van der Waals surface area contributed by atoms with E-state index in [1.165, 1.54) is 0 Å². The Balaban J connectivity index is 2.31. The molecule has 18 heavy (non-hydrogen) atoms. The Morgan fingerprint density at radius 1 is 1.50 bits per heavy atom. The fraction of sp³-hybridized carbons (Fsp3) is 0.385. The van der Waals surface area contributed by atoms with Gasteiger partial charge in [-0.2, -0.15) is 0 Å². The van der Waals surface area contributed by atoms with Crippen LogP contribution in [0.5, 0.6) is 0 Å². The minimum Gasteiger partial charge on any atom is -0.382 e. The van der Waals surface area contributed by atoms with E-state index in [9.17, 15) is 4.79 Å². The van der Waals surface area contributed by atoms with Crippen molar-refractivity contribution in [3.05, 3.63) is 29.0 Å². The molecule has 1 heterocycles. The molecule has 0 aliphatic heterocycles. The summed E-state index contributed by atoms with van der Waals surface area (Å²) in [5, 5.41) is 0.615. The highest BCUT2D eigenvalue weighted by Crippen LogP contribution is 2.24. The molecule has 0 aliphatic rings. The minimum absolute atomic E-state index is 0.412. The summed E-state index contributed by atoms with van der Waals surface area (Å²) in [5.41, 5.74) is 1.57. The molecule has 0 radical (unpaired) electrons. The number of aryl methyl sites for hydroxylation is 1. The van der Waals surface area contributed by atoms with Gasteiger partial charge in [-0.05, 0) is 25.5 Å². The SMILES string of the molecule is CCOCCCn1c(C=O)nc2cccc(Cl)c21. The number of rotatable bonds is 6. The Morgan fingerprint density at radius 2 is 2.33 bits per heavy atom. The number of halogens is 1. The molecule has 0 aliphatic carbocycles. The maximum Gasteiger partial charge on any atom is 0.185 e. The van der Waals surface area contributed by atoms with Crippen LogP contribution in [0, 0.1) is 0 Å². The lowest BCUT2D eigenvalue weighted by Gasteiger charge is -2.07. The van der Waals surface area contributed by atoms with Gasteiger partial charge in [0.15, 0.2) is 12.1 Å². The number of hydrogen-bond acceptors (Lipinski definition) is 3. The number of para-hydroxylation sites is 1. The number of fused-ring (bicyclic) bond motifs is 1. The Labute approximate surface area is 111 Å². The summed E-state index contributed by atoms with van der Waals surface area (Å²) in [6.07, 6.45) is 1.59. The van der Waals surface area contributed by atoms with Gasteiger partial charge in [-0.15, -0.1) is 0 Å². The monoisotopic (exact) mass is 266 g/mol. The quantitative estimate of drug-likeness (QED) is 0.596. The third kappa shape index (κ3) is 2.54. The molecule has 0 spiro atoms. The number of nitrogens with zero attached hydrogens (tertiary/aromatic N) is 2. The van der Waals surface area contributed by atoms with Crippen LogP contribution in [0.4, 0.5) is 0 Å². The van der Waals surface area contributed by atoms with E-state index in [1.54, 1.807) is 6.07 Å². The van der Waals surface area contributed by atoms with Crippen LogP contribution in [-0.4, -0.2) is 29.1 Å². The largest absolute Gasteiger partial charge is 0.382 e. The molecular formula is C13H15ClN2O2. The zero-order valence-corrected chi connectivity index (χ0v) is 11.0. The van der Waals surface area contributed by atoms with E-state index in [0.717, 1.165) is 23.7 Å². The summed E-state index contributed by atoms with van der Waals surface area (Å²) >= 11 is 6.16. The molecule has 0 fully saturated rings. The van der Waals surface area contributed by atoms with E-state index < -0.39 is 0 Å². The first kappa shape index (κ1) is 13.1. The maximum absolute atomic E-state index is 11.0. The van der Waals surface area contributed by atoms with Gasteiger partial charge in [-0.1, -0.05) is 17.7 Å². The van der Waals surface area contributed by atoms with Gasteiger partial charge in [-0.25, -0.2) is 4.98 Å². The number of imidazole rings is 1. The average molecular weight is 267 g/mol. The van der Waals surface area contributed by atoms with E-state index >= 15 is 0 Å². The zero-order chi connectivity index (χ0) is 13.0. The van der Waals surface area contributed by atoms with Gasteiger partial charge in [0.1, 0.15) is 0 Å². The number of ether oxygens (including phenoxy) is 1. The molecule has 2 rings (SSSR count). The lowest BCUT2D eigenvalue weighted by atomic mass is 10.3. The van der Waals surface area contributed by atoms with Crippen molar-refractivity contribution in [1.29, 1.82) is 0 Å². The Bertz CT molecular complexity index is 551. The summed E-state index contributed by atoms with van der Waals surface area (Å²) in [4.78, 5) is 15.3. The van der Waals surface area contributed by atoms with Crippen molar-refractivity contribution in [1.82, 2.24) is 9.55 Å². The predicted octanol–water partition coefficient (Wildman–Crippen LogP) is 2.93. The number of aromatic nitrogens is 2. The fourth-order valence-electron chi connectivity index (χ4n) is 1.95. The third-order valence-corrected chi connectivity index (χ3v) is 3.03. The highest BCUT2D eigenvalue weighted by atomic mass is 35.5. The maximum atomic E-state index is 11.0. The molecule has 2 aromatic rings. The van der Waals surface area contributed by atoms with Crippen LogP contribution in [0.15, 0.2) is 18.2 Å². The predicted molar refractivity (Wildman–Crippen MR) is 71.2 cm³/mol. The summed E-state index contributed by atoms with van der Waals surface area (Å²) in [7, 11) is 0. The van der Waals surface area contributed by atoms with Gasteiger partial charge in [0.25, 0.3) is 0 Å². The number of aldehydes is 1. The van der Waals surface area contributed by atoms with Crippen molar-refractivity contribution in [2.24, 2.45) is 0 Å². The molecule has 0 N–H and O–H groups in total. The standard InChI is InChI=1S/C13H15ClN2O2/c1-2-18-8-4-7-16-12(9-17)15-11-6-3-5-10(14)13(11)16/h3,5-6,9H,2,4,7-8H2,1H3. The molecule has 1 aromatic carbocycles. The van der Waals surface area contributed by atoms with Crippen molar-refractivity contribution >= 4 is 28.9 Å². The smallest absolute Gasteiger partial charge is 0.185 e. The van der Waals surface area contributed by atoms with Crippen LogP contribution in [0.3, 0.4) is 0 Å². The Kier molecular flexibility index (Phi) is 4.33. The van der Waals surface area contributed by atoms with Crippen molar-refractivity contribution in [2.75, 3.05) is 13.2 Å². The summed E-state index contributed by atoms with van der Waals surface area (Å²) in [5.74, 6) is 0.412. The van der Waals surface area contributed by atoms with E-state index in [0.29, 0.717) is 30.6 Å². The van der Waals surface area contributed by atoms with Crippen molar-refractivity contribution < 1.29 is 9.53 Å². The Morgan fingerprint density at radius 3 is 3.06 bits per heavy atom. The van der Waals surface area contributed by atoms with Gasteiger partial charge >= 0.3 is 0 Å². The lowest BCUT2D eigenvalue weighted by Crippen LogP contribution is -2.06. The van der Waals surface area contributed by atoms with E-state index in [2.05, 4.69) is 4.98 Å². The first-order chi connectivity index (χ1) is 8.77. The van der Waals surface area contributed by atoms with Crippen LogP contribution in [-0.2, 0) is 11.3 Å². The van der Waals surface area contributed by atoms with Crippen molar-refractivity contribution in [3.63, 3.8) is 0 Å². The molecule has 0 amide bonds. The van der Waals surface area contributed by atoms with Crippen LogP contribution in [0.1, 0.15) is 24.0 Å². The van der Waals surface area contributed by atoms with E-state index in [1.807, 2.05) is 23.6 Å². The van der Waals surface area contributed by atoms with Crippen LogP contribution in [0.2, 0.25) is 5.02 Å². The van der Waals surface area contributed by atoms with Gasteiger partial charge in [0, 0.05) is 19.8 Å². The van der Waals surface area contributed by atoms with Crippen molar-refractivity contribution in [3.8, 4) is 0 Å². The summed E-state index contributed by atoms with van der Waals surface area (Å²) < 4.78 is 7.14. The van der Waals surface area contributed by atoms with Crippen LogP contribution >= 0.6 is 11.6 Å². The second-order valence-electron chi connectivity index (χ2n) is 3.90. The van der Waals surface area contributed by atoms with Gasteiger partial charge in [0.05, 0.1) is 16.1 Å². The van der Waals surface area contributed by atoms with Gasteiger partial charge < -0.3 is 9.30 Å². The first-order valence-electron chi connectivity index (χ1n) is 5.95. The van der Waals surface area contributed by atoms with Gasteiger partial charge in [-0.3, -0.25) is 4.79 Å².